The van der Waals surface area contributed by atoms with Gasteiger partial charge in [0.15, 0.2) is 0 Å². The number of hydrogen-bond donors (Lipinski definition) is 1. The summed E-state index contributed by atoms with van der Waals surface area (Å²) in [6.07, 6.45) is 5.85. The Balaban J connectivity index is 1.74. The van der Waals surface area contributed by atoms with Gasteiger partial charge in [-0.25, -0.2) is 4.98 Å². The van der Waals surface area contributed by atoms with E-state index in [9.17, 15) is 14.7 Å². The van der Waals surface area contributed by atoms with E-state index in [1.807, 2.05) is 42.0 Å². The van der Waals surface area contributed by atoms with Crippen molar-refractivity contribution in [3.63, 3.8) is 0 Å². The van der Waals surface area contributed by atoms with Crippen LogP contribution in [0.25, 0.3) is 5.76 Å². The van der Waals surface area contributed by atoms with E-state index in [1.165, 1.54) is 11.0 Å². The number of halogens is 2. The van der Waals surface area contributed by atoms with E-state index < -0.39 is 17.7 Å². The van der Waals surface area contributed by atoms with Crippen LogP contribution in [0.5, 0.6) is 5.75 Å². The molecule has 1 aliphatic rings. The standard InChI is InChI=1S/C25H23BrClN3O4/c1-2-34-20-8-7-17(14-19(20)27)23(31)21-22(16-5-3-6-18(26)13-16)30(25(33)24(21)32)11-4-10-29-12-9-28-15-29/h3,5-9,12-15,22,31H,2,4,10-11H2,1H3/t22-/m1/s1. The lowest BCUT2D eigenvalue weighted by molar-refractivity contribution is -0.139. The third-order valence-corrected chi connectivity index (χ3v) is 6.37. The van der Waals surface area contributed by atoms with E-state index in [1.54, 1.807) is 24.7 Å². The molecule has 0 spiro atoms. The Morgan fingerprint density at radius 2 is 2.03 bits per heavy atom. The SMILES string of the molecule is CCOc1ccc(C(O)=C2C(=O)C(=O)N(CCCn3ccnc3)[C@@H]2c2cccc(Br)c2)cc1Cl. The van der Waals surface area contributed by atoms with Crippen molar-refractivity contribution in [1.82, 2.24) is 14.5 Å². The highest BCUT2D eigenvalue weighted by atomic mass is 79.9. The smallest absolute Gasteiger partial charge is 0.295 e. The number of imidazole rings is 1. The maximum atomic E-state index is 13.2. The molecule has 0 aliphatic carbocycles. The van der Waals surface area contributed by atoms with Crippen molar-refractivity contribution in [2.75, 3.05) is 13.2 Å². The fraction of sp³-hybridized carbons (Fsp3) is 0.240. The average molecular weight is 545 g/mol. The predicted octanol–water partition coefficient (Wildman–Crippen LogP) is 5.21. The number of ether oxygens (including phenoxy) is 1. The number of aliphatic hydroxyl groups is 1. The molecule has 1 saturated heterocycles. The molecule has 0 radical (unpaired) electrons. The molecule has 2 aromatic carbocycles. The maximum absolute atomic E-state index is 13.2. The molecule has 2 heterocycles. The summed E-state index contributed by atoms with van der Waals surface area (Å²) in [7, 11) is 0. The van der Waals surface area contributed by atoms with Gasteiger partial charge in [0.2, 0.25) is 0 Å². The molecule has 1 amide bonds. The highest BCUT2D eigenvalue weighted by Crippen LogP contribution is 2.41. The monoisotopic (exact) mass is 543 g/mol. The first-order valence-corrected chi connectivity index (χ1v) is 12.0. The van der Waals surface area contributed by atoms with Crippen molar-refractivity contribution in [2.24, 2.45) is 0 Å². The highest BCUT2D eigenvalue weighted by Gasteiger charge is 2.45. The zero-order valence-electron chi connectivity index (χ0n) is 18.4. The van der Waals surface area contributed by atoms with Crippen LogP contribution in [0.2, 0.25) is 5.02 Å². The number of ketones is 1. The lowest BCUT2D eigenvalue weighted by Crippen LogP contribution is -2.31. The van der Waals surface area contributed by atoms with Crippen molar-refractivity contribution >= 4 is 45.0 Å². The Kier molecular flexibility index (Phi) is 7.38. The van der Waals surface area contributed by atoms with Crippen LogP contribution in [0.4, 0.5) is 0 Å². The van der Waals surface area contributed by atoms with Gasteiger partial charge in [0.1, 0.15) is 11.5 Å². The maximum Gasteiger partial charge on any atom is 0.295 e. The first-order valence-electron chi connectivity index (χ1n) is 10.8. The Bertz CT molecular complexity index is 1240. The van der Waals surface area contributed by atoms with Gasteiger partial charge in [-0.15, -0.1) is 0 Å². The number of hydrogen-bond acceptors (Lipinski definition) is 5. The Morgan fingerprint density at radius 1 is 1.21 bits per heavy atom. The molecular formula is C25H23BrClN3O4. The fourth-order valence-electron chi connectivity index (χ4n) is 4.05. The van der Waals surface area contributed by atoms with Crippen LogP contribution < -0.4 is 4.74 Å². The summed E-state index contributed by atoms with van der Waals surface area (Å²) in [4.78, 5) is 31.8. The van der Waals surface area contributed by atoms with Gasteiger partial charge in [-0.05, 0) is 49.2 Å². The number of amides is 1. The van der Waals surface area contributed by atoms with Crippen LogP contribution in [-0.2, 0) is 16.1 Å². The number of aryl methyl sites for hydroxylation is 1. The number of aromatic nitrogens is 2. The van der Waals surface area contributed by atoms with E-state index in [-0.39, 0.29) is 11.3 Å². The van der Waals surface area contributed by atoms with E-state index >= 15 is 0 Å². The minimum Gasteiger partial charge on any atom is -0.507 e. The van der Waals surface area contributed by atoms with Crippen LogP contribution in [0, 0.1) is 0 Å². The van der Waals surface area contributed by atoms with Crippen LogP contribution in [0.3, 0.4) is 0 Å². The molecule has 0 saturated carbocycles. The molecule has 0 unspecified atom stereocenters. The van der Waals surface area contributed by atoms with Crippen molar-refractivity contribution in [3.05, 3.63) is 87.4 Å². The van der Waals surface area contributed by atoms with Gasteiger partial charge in [0.25, 0.3) is 11.7 Å². The minimum absolute atomic E-state index is 0.0333. The molecule has 1 fully saturated rings. The van der Waals surface area contributed by atoms with Gasteiger partial charge < -0.3 is 19.3 Å². The summed E-state index contributed by atoms with van der Waals surface area (Å²) < 4.78 is 8.17. The summed E-state index contributed by atoms with van der Waals surface area (Å²) >= 11 is 9.77. The number of rotatable bonds is 8. The third-order valence-electron chi connectivity index (χ3n) is 5.58. The molecule has 3 aromatic rings. The second-order valence-corrected chi connectivity index (χ2v) is 9.10. The summed E-state index contributed by atoms with van der Waals surface area (Å²) in [5.41, 5.74) is 1.09. The zero-order valence-corrected chi connectivity index (χ0v) is 20.8. The summed E-state index contributed by atoms with van der Waals surface area (Å²) in [5, 5.41) is 11.5. The summed E-state index contributed by atoms with van der Waals surface area (Å²) in [5.74, 6) is -1.17. The van der Waals surface area contributed by atoms with Crippen LogP contribution in [0.15, 0.2) is 71.2 Å². The quantitative estimate of drug-likeness (QED) is 0.239. The number of benzene rings is 2. The number of Topliss-reactive ketones (excluding diaryl/α,β-unsaturated/α-hetero) is 1. The van der Waals surface area contributed by atoms with Crippen LogP contribution >= 0.6 is 27.5 Å². The number of likely N-dealkylation sites (tertiary alicyclic amines) is 1. The topological polar surface area (TPSA) is 84.7 Å². The average Bonchev–Trinajstić information content (AvgIpc) is 3.42. The van der Waals surface area contributed by atoms with Gasteiger partial charge in [-0.1, -0.05) is 39.7 Å². The Morgan fingerprint density at radius 3 is 2.71 bits per heavy atom. The Labute approximate surface area is 210 Å². The van der Waals surface area contributed by atoms with Crippen LogP contribution in [0.1, 0.15) is 30.5 Å². The highest BCUT2D eigenvalue weighted by molar-refractivity contribution is 9.10. The molecule has 1 N–H and O–H groups in total. The van der Waals surface area contributed by atoms with E-state index in [2.05, 4.69) is 20.9 Å². The van der Waals surface area contributed by atoms with Crippen molar-refractivity contribution < 1.29 is 19.4 Å². The summed E-state index contributed by atoms with van der Waals surface area (Å²) in [6, 6.07) is 11.4. The molecule has 0 bridgehead atoms. The van der Waals surface area contributed by atoms with Gasteiger partial charge in [0.05, 0.1) is 29.6 Å². The molecule has 176 valence electrons. The second kappa shape index (κ2) is 10.4. The predicted molar refractivity (Wildman–Crippen MR) is 133 cm³/mol. The van der Waals surface area contributed by atoms with E-state index in [4.69, 9.17) is 16.3 Å². The molecule has 34 heavy (non-hydrogen) atoms. The van der Waals surface area contributed by atoms with Gasteiger partial charge in [-0.2, -0.15) is 0 Å². The Hall–Kier alpha value is -3.10. The lowest BCUT2D eigenvalue weighted by Gasteiger charge is -2.25. The van der Waals surface area contributed by atoms with Crippen molar-refractivity contribution in [3.8, 4) is 5.75 Å². The number of aliphatic hydroxyl groups excluding tert-OH is 1. The first kappa shape index (κ1) is 24.0. The molecule has 7 nitrogen and oxygen atoms in total. The normalized spacial score (nSPS) is 17.4. The molecule has 1 atom stereocenters. The van der Waals surface area contributed by atoms with Gasteiger partial charge in [0, 0.05) is 35.5 Å². The molecule has 9 heteroatoms. The number of carbonyl (C=O) groups is 2. The van der Waals surface area contributed by atoms with Crippen molar-refractivity contribution in [2.45, 2.75) is 25.9 Å². The molecular weight excluding hydrogens is 522 g/mol. The first-order chi connectivity index (χ1) is 16.4. The van der Waals surface area contributed by atoms with Crippen molar-refractivity contribution in [1.29, 1.82) is 0 Å². The minimum atomic E-state index is -0.731. The largest absolute Gasteiger partial charge is 0.507 e. The molecule has 4 rings (SSSR count). The summed E-state index contributed by atoms with van der Waals surface area (Å²) in [6.45, 7) is 3.26. The zero-order chi connectivity index (χ0) is 24.2. The number of carbonyl (C=O) groups excluding carboxylic acids is 2. The van der Waals surface area contributed by atoms with Crippen LogP contribution in [-0.4, -0.2) is 44.4 Å². The third kappa shape index (κ3) is 4.88. The van der Waals surface area contributed by atoms with E-state index in [0.29, 0.717) is 42.5 Å². The van der Waals surface area contributed by atoms with Gasteiger partial charge >= 0.3 is 0 Å². The van der Waals surface area contributed by atoms with E-state index in [0.717, 1.165) is 10.0 Å². The number of nitrogens with zero attached hydrogens (tertiary/aromatic N) is 3. The van der Waals surface area contributed by atoms with Gasteiger partial charge in [-0.3, -0.25) is 9.59 Å². The molecule has 1 aromatic heterocycles. The second-order valence-electron chi connectivity index (χ2n) is 7.78. The molecule has 1 aliphatic heterocycles. The lowest BCUT2D eigenvalue weighted by atomic mass is 9.95. The fourth-order valence-corrected chi connectivity index (χ4v) is 4.70.